The number of carbonyl (C=O) groups excluding carboxylic acids is 1. The molecule has 1 atom stereocenters. The standard InChI is InChI=1S/C24H29NO6/c1-6-7-12-25(2)14-17-18(26)10-9-16-21(27)20(31-23(16)17)13-15-8-11-19(28-3)24(30-5)22(15)29-4/h8-11,13,26H,6-7,12,14H2,1-5H3/p+1. The number of ether oxygens (including phenoxy) is 4. The topological polar surface area (TPSA) is 78.7 Å². The van der Waals surface area contributed by atoms with Crippen LogP contribution >= 0.6 is 0 Å². The number of unbranched alkanes of at least 4 members (excludes halogenated alkanes) is 1. The molecule has 0 saturated carbocycles. The minimum atomic E-state index is -0.237. The van der Waals surface area contributed by atoms with Gasteiger partial charge in [-0.3, -0.25) is 4.79 Å². The number of methoxy groups -OCH3 is 3. The number of rotatable bonds is 9. The minimum absolute atomic E-state index is 0.132. The summed E-state index contributed by atoms with van der Waals surface area (Å²) in [5.74, 6) is 1.88. The van der Waals surface area contributed by atoms with Gasteiger partial charge in [-0.05, 0) is 36.8 Å². The van der Waals surface area contributed by atoms with Gasteiger partial charge in [0.25, 0.3) is 0 Å². The molecule has 0 saturated heterocycles. The number of quaternary nitrogens is 1. The summed E-state index contributed by atoms with van der Waals surface area (Å²) >= 11 is 0. The predicted octanol–water partition coefficient (Wildman–Crippen LogP) is 2.85. The zero-order valence-corrected chi connectivity index (χ0v) is 18.7. The number of allylic oxidation sites excluding steroid dienone is 1. The van der Waals surface area contributed by atoms with Crippen LogP contribution < -0.4 is 23.8 Å². The lowest BCUT2D eigenvalue weighted by Crippen LogP contribution is -3.07. The molecule has 0 aliphatic carbocycles. The van der Waals surface area contributed by atoms with E-state index in [1.54, 1.807) is 37.5 Å². The van der Waals surface area contributed by atoms with Gasteiger partial charge in [-0.25, -0.2) is 0 Å². The maximum atomic E-state index is 13.0. The molecule has 0 radical (unpaired) electrons. The average Bonchev–Trinajstić information content (AvgIpc) is 3.09. The molecule has 0 aromatic heterocycles. The molecular formula is C24H30NO6+. The van der Waals surface area contributed by atoms with E-state index in [1.165, 1.54) is 19.1 Å². The number of benzene rings is 2. The van der Waals surface area contributed by atoms with Crippen LogP contribution in [0.4, 0.5) is 0 Å². The Morgan fingerprint density at radius 2 is 1.81 bits per heavy atom. The lowest BCUT2D eigenvalue weighted by Gasteiger charge is -2.16. The van der Waals surface area contributed by atoms with Crippen molar-refractivity contribution in [1.82, 2.24) is 0 Å². The summed E-state index contributed by atoms with van der Waals surface area (Å²) in [6, 6.07) is 6.67. The lowest BCUT2D eigenvalue weighted by atomic mass is 10.0. The van der Waals surface area contributed by atoms with Crippen LogP contribution in [0.2, 0.25) is 0 Å². The van der Waals surface area contributed by atoms with E-state index >= 15 is 0 Å². The second-order valence-corrected chi connectivity index (χ2v) is 7.54. The fourth-order valence-electron chi connectivity index (χ4n) is 3.72. The molecule has 0 amide bonds. The van der Waals surface area contributed by atoms with Crippen molar-refractivity contribution in [3.8, 4) is 28.7 Å². The van der Waals surface area contributed by atoms with Crippen molar-refractivity contribution >= 4 is 11.9 Å². The zero-order chi connectivity index (χ0) is 22.5. The molecule has 1 aliphatic heterocycles. The highest BCUT2D eigenvalue weighted by molar-refractivity contribution is 6.15. The molecule has 166 valence electrons. The van der Waals surface area contributed by atoms with Crippen molar-refractivity contribution in [2.45, 2.75) is 26.3 Å². The third kappa shape index (κ3) is 4.46. The van der Waals surface area contributed by atoms with Crippen molar-refractivity contribution in [3.63, 3.8) is 0 Å². The fraction of sp³-hybridized carbons (Fsp3) is 0.375. The van der Waals surface area contributed by atoms with Crippen molar-refractivity contribution in [1.29, 1.82) is 0 Å². The Balaban J connectivity index is 1.98. The summed E-state index contributed by atoms with van der Waals surface area (Å²) in [6.07, 6.45) is 3.81. The molecule has 2 N–H and O–H groups in total. The van der Waals surface area contributed by atoms with Crippen molar-refractivity contribution < 1.29 is 33.7 Å². The summed E-state index contributed by atoms with van der Waals surface area (Å²) in [5.41, 5.74) is 1.71. The predicted molar refractivity (Wildman–Crippen MR) is 118 cm³/mol. The number of phenols is 1. The first-order chi connectivity index (χ1) is 14.9. The van der Waals surface area contributed by atoms with Gasteiger partial charge in [-0.1, -0.05) is 13.3 Å². The first-order valence-corrected chi connectivity index (χ1v) is 10.3. The van der Waals surface area contributed by atoms with E-state index in [1.807, 2.05) is 0 Å². The summed E-state index contributed by atoms with van der Waals surface area (Å²) < 4.78 is 22.2. The van der Waals surface area contributed by atoms with Crippen LogP contribution in [0.5, 0.6) is 28.7 Å². The van der Waals surface area contributed by atoms with E-state index in [-0.39, 0.29) is 17.3 Å². The molecule has 2 aromatic rings. The Morgan fingerprint density at radius 1 is 1.06 bits per heavy atom. The molecule has 31 heavy (non-hydrogen) atoms. The first-order valence-electron chi connectivity index (χ1n) is 10.3. The van der Waals surface area contributed by atoms with Gasteiger partial charge < -0.3 is 29.0 Å². The number of ketones is 1. The summed E-state index contributed by atoms with van der Waals surface area (Å²) in [6.45, 7) is 3.68. The number of fused-ring (bicyclic) bond motifs is 1. The third-order valence-electron chi connectivity index (χ3n) is 5.37. The number of Topliss-reactive ketones (excluding diaryl/α,β-unsaturated/α-hetero) is 1. The Morgan fingerprint density at radius 3 is 2.45 bits per heavy atom. The average molecular weight is 429 g/mol. The quantitative estimate of drug-likeness (QED) is 0.598. The second kappa shape index (κ2) is 9.75. The lowest BCUT2D eigenvalue weighted by molar-refractivity contribution is -0.894. The van der Waals surface area contributed by atoms with Gasteiger partial charge in [0.15, 0.2) is 23.0 Å². The van der Waals surface area contributed by atoms with Crippen LogP contribution in [-0.4, -0.2) is 45.8 Å². The van der Waals surface area contributed by atoms with Crippen LogP contribution in [0.15, 0.2) is 30.0 Å². The molecule has 1 aliphatic rings. The Labute approximate surface area is 182 Å². The van der Waals surface area contributed by atoms with Crippen LogP contribution in [0, 0.1) is 0 Å². The van der Waals surface area contributed by atoms with Gasteiger partial charge in [0, 0.05) is 5.56 Å². The molecule has 2 aromatic carbocycles. The van der Waals surface area contributed by atoms with Crippen LogP contribution in [0.3, 0.4) is 0 Å². The molecule has 7 heteroatoms. The molecule has 3 rings (SSSR count). The van der Waals surface area contributed by atoms with Gasteiger partial charge in [-0.2, -0.15) is 0 Å². The van der Waals surface area contributed by atoms with Gasteiger partial charge in [0.05, 0.1) is 46.0 Å². The third-order valence-corrected chi connectivity index (χ3v) is 5.37. The first kappa shape index (κ1) is 22.5. The number of aromatic hydroxyl groups is 1. The van der Waals surface area contributed by atoms with E-state index in [0.717, 1.165) is 19.4 Å². The van der Waals surface area contributed by atoms with Gasteiger partial charge >= 0.3 is 0 Å². The van der Waals surface area contributed by atoms with Gasteiger partial charge in [0.2, 0.25) is 11.5 Å². The van der Waals surface area contributed by atoms with Crippen molar-refractivity contribution in [2.24, 2.45) is 0 Å². The molecule has 7 nitrogen and oxygen atoms in total. The van der Waals surface area contributed by atoms with Crippen molar-refractivity contribution in [2.75, 3.05) is 34.9 Å². The smallest absolute Gasteiger partial charge is 0.231 e. The van der Waals surface area contributed by atoms with Crippen LogP contribution in [0.25, 0.3) is 6.08 Å². The normalized spacial score (nSPS) is 14.9. The van der Waals surface area contributed by atoms with E-state index in [2.05, 4.69) is 14.0 Å². The number of phenolic OH excluding ortho intramolecular Hbond substituents is 1. The zero-order valence-electron chi connectivity index (χ0n) is 18.7. The fourth-order valence-corrected chi connectivity index (χ4v) is 3.72. The van der Waals surface area contributed by atoms with E-state index in [4.69, 9.17) is 18.9 Å². The molecular weight excluding hydrogens is 398 g/mol. The number of carbonyl (C=O) groups is 1. The highest BCUT2D eigenvalue weighted by Gasteiger charge is 2.32. The Bertz CT molecular complexity index is 998. The summed E-state index contributed by atoms with van der Waals surface area (Å²) in [4.78, 5) is 14.3. The SMILES string of the molecule is CCCC[NH+](C)Cc1c(O)ccc2c1OC(=Cc1ccc(OC)c(OC)c1OC)C2=O. The highest BCUT2D eigenvalue weighted by Crippen LogP contribution is 2.43. The minimum Gasteiger partial charge on any atom is -0.507 e. The molecule has 0 spiro atoms. The number of hydrogen-bond acceptors (Lipinski definition) is 6. The summed E-state index contributed by atoms with van der Waals surface area (Å²) in [5, 5.41) is 10.4. The molecule has 1 heterocycles. The van der Waals surface area contributed by atoms with E-state index in [0.29, 0.717) is 46.2 Å². The molecule has 0 fully saturated rings. The maximum Gasteiger partial charge on any atom is 0.231 e. The number of nitrogens with one attached hydrogen (secondary N) is 1. The van der Waals surface area contributed by atoms with Gasteiger partial charge in [-0.15, -0.1) is 0 Å². The van der Waals surface area contributed by atoms with Crippen LogP contribution in [0.1, 0.15) is 41.3 Å². The molecule has 0 bridgehead atoms. The van der Waals surface area contributed by atoms with E-state index in [9.17, 15) is 9.90 Å². The monoisotopic (exact) mass is 428 g/mol. The summed E-state index contributed by atoms with van der Waals surface area (Å²) in [7, 11) is 6.66. The second-order valence-electron chi connectivity index (χ2n) is 7.54. The largest absolute Gasteiger partial charge is 0.507 e. The van der Waals surface area contributed by atoms with Crippen LogP contribution in [-0.2, 0) is 6.54 Å². The Kier molecular flexibility index (Phi) is 7.07. The maximum absolute atomic E-state index is 13.0. The van der Waals surface area contributed by atoms with E-state index < -0.39 is 0 Å². The highest BCUT2D eigenvalue weighted by atomic mass is 16.5. The Hall–Kier alpha value is -3.19. The number of hydrogen-bond donors (Lipinski definition) is 2. The van der Waals surface area contributed by atoms with Gasteiger partial charge in [0.1, 0.15) is 12.3 Å². The van der Waals surface area contributed by atoms with Crippen molar-refractivity contribution in [3.05, 3.63) is 46.7 Å². The molecule has 1 unspecified atom stereocenters.